The molecular formula is C11H12BrNO. The minimum Gasteiger partial charge on any atom is -0.380 e. The van der Waals surface area contributed by atoms with E-state index in [2.05, 4.69) is 40.0 Å². The Morgan fingerprint density at radius 1 is 1.43 bits per heavy atom. The highest BCUT2D eigenvalue weighted by atomic mass is 79.9. The second kappa shape index (κ2) is 3.75. The lowest BCUT2D eigenvalue weighted by Crippen LogP contribution is -1.88. The molecule has 0 saturated heterocycles. The van der Waals surface area contributed by atoms with Crippen LogP contribution >= 0.6 is 15.9 Å². The van der Waals surface area contributed by atoms with Crippen LogP contribution in [0.25, 0.3) is 10.9 Å². The van der Waals surface area contributed by atoms with Crippen molar-refractivity contribution in [1.29, 1.82) is 0 Å². The first-order valence-corrected chi connectivity index (χ1v) is 5.27. The molecule has 0 aliphatic heterocycles. The maximum absolute atomic E-state index is 5.18. The van der Waals surface area contributed by atoms with Gasteiger partial charge in [-0.15, -0.1) is 0 Å². The molecular weight excluding hydrogens is 242 g/mol. The van der Waals surface area contributed by atoms with E-state index in [0.29, 0.717) is 6.61 Å². The molecule has 0 saturated carbocycles. The van der Waals surface area contributed by atoms with Gasteiger partial charge in [-0.3, -0.25) is 0 Å². The summed E-state index contributed by atoms with van der Waals surface area (Å²) in [6.45, 7) is 2.73. The zero-order valence-corrected chi connectivity index (χ0v) is 9.81. The fraction of sp³-hybridized carbons (Fsp3) is 0.273. The third kappa shape index (κ3) is 1.57. The molecule has 3 heteroatoms. The van der Waals surface area contributed by atoms with Crippen LogP contribution in [0.2, 0.25) is 0 Å². The quantitative estimate of drug-likeness (QED) is 0.873. The van der Waals surface area contributed by atoms with Gasteiger partial charge in [0.15, 0.2) is 0 Å². The van der Waals surface area contributed by atoms with Crippen molar-refractivity contribution in [2.45, 2.75) is 13.5 Å². The summed E-state index contributed by atoms with van der Waals surface area (Å²) in [4.78, 5) is 3.34. The highest BCUT2D eigenvalue weighted by Crippen LogP contribution is 2.25. The zero-order chi connectivity index (χ0) is 10.1. The lowest BCUT2D eigenvalue weighted by Gasteiger charge is -1.99. The molecule has 1 aromatic carbocycles. The molecule has 0 atom stereocenters. The van der Waals surface area contributed by atoms with Crippen LogP contribution < -0.4 is 0 Å². The Morgan fingerprint density at radius 2 is 2.21 bits per heavy atom. The average Bonchev–Trinajstić information content (AvgIpc) is 2.45. The minimum atomic E-state index is 0.655. The first kappa shape index (κ1) is 9.74. The Bertz CT molecular complexity index is 462. The molecule has 1 N–H and O–H groups in total. The van der Waals surface area contributed by atoms with Crippen LogP contribution in [-0.2, 0) is 11.3 Å². The van der Waals surface area contributed by atoms with Crippen molar-refractivity contribution < 1.29 is 4.74 Å². The van der Waals surface area contributed by atoms with E-state index in [1.165, 1.54) is 16.6 Å². The molecule has 14 heavy (non-hydrogen) atoms. The molecule has 74 valence electrons. The summed E-state index contributed by atoms with van der Waals surface area (Å²) in [5, 5.41) is 1.23. The van der Waals surface area contributed by atoms with Gasteiger partial charge in [0.2, 0.25) is 0 Å². The van der Waals surface area contributed by atoms with Crippen molar-refractivity contribution in [3.63, 3.8) is 0 Å². The highest BCUT2D eigenvalue weighted by Gasteiger charge is 2.07. The Labute approximate surface area is 91.4 Å². The summed E-state index contributed by atoms with van der Waals surface area (Å²) in [7, 11) is 1.72. The molecule has 0 fully saturated rings. The Hall–Kier alpha value is -0.800. The lowest BCUT2D eigenvalue weighted by atomic mass is 10.1. The summed E-state index contributed by atoms with van der Waals surface area (Å²) in [6, 6.07) is 6.23. The third-order valence-electron chi connectivity index (χ3n) is 2.37. The van der Waals surface area contributed by atoms with E-state index in [0.717, 1.165) is 9.99 Å². The molecule has 1 heterocycles. The number of ether oxygens (including phenoxy) is 1. The molecule has 2 aromatic rings. The summed E-state index contributed by atoms with van der Waals surface area (Å²) in [5.41, 5.74) is 3.58. The van der Waals surface area contributed by atoms with Crippen molar-refractivity contribution in [2.24, 2.45) is 0 Å². The lowest BCUT2D eigenvalue weighted by molar-refractivity contribution is 0.185. The van der Waals surface area contributed by atoms with Gasteiger partial charge >= 0.3 is 0 Å². The molecule has 0 unspecified atom stereocenters. The van der Waals surface area contributed by atoms with E-state index >= 15 is 0 Å². The van der Waals surface area contributed by atoms with Gasteiger partial charge in [0.1, 0.15) is 0 Å². The molecule has 1 aromatic heterocycles. The second-order valence-corrected chi connectivity index (χ2v) is 4.27. The summed E-state index contributed by atoms with van der Waals surface area (Å²) >= 11 is 3.47. The number of rotatable bonds is 2. The number of nitrogens with one attached hydrogen (secondary N) is 1. The minimum absolute atomic E-state index is 0.655. The normalized spacial score (nSPS) is 11.1. The Morgan fingerprint density at radius 3 is 2.93 bits per heavy atom. The fourth-order valence-electron chi connectivity index (χ4n) is 1.68. The SMILES string of the molecule is COCc1c(C)[nH]c2ccc(Br)cc12. The Kier molecular flexibility index (Phi) is 2.61. The van der Waals surface area contributed by atoms with Crippen LogP contribution in [0.3, 0.4) is 0 Å². The average molecular weight is 254 g/mol. The van der Waals surface area contributed by atoms with Gasteiger partial charge in [0.25, 0.3) is 0 Å². The fourth-order valence-corrected chi connectivity index (χ4v) is 2.05. The van der Waals surface area contributed by atoms with E-state index in [1.54, 1.807) is 7.11 Å². The maximum atomic E-state index is 5.18. The Balaban J connectivity index is 2.66. The maximum Gasteiger partial charge on any atom is 0.0736 e. The molecule has 0 aliphatic rings. The zero-order valence-electron chi connectivity index (χ0n) is 8.23. The van der Waals surface area contributed by atoms with Crippen LogP contribution in [0.15, 0.2) is 22.7 Å². The van der Waals surface area contributed by atoms with E-state index in [4.69, 9.17) is 4.74 Å². The van der Waals surface area contributed by atoms with Gasteiger partial charge in [-0.05, 0) is 25.1 Å². The number of hydrogen-bond donors (Lipinski definition) is 1. The monoisotopic (exact) mass is 253 g/mol. The van der Waals surface area contributed by atoms with Gasteiger partial charge in [-0.1, -0.05) is 15.9 Å². The summed E-state index contributed by atoms with van der Waals surface area (Å²) in [5.74, 6) is 0. The van der Waals surface area contributed by atoms with Crippen molar-refractivity contribution >= 4 is 26.8 Å². The number of hydrogen-bond acceptors (Lipinski definition) is 1. The third-order valence-corrected chi connectivity index (χ3v) is 2.86. The van der Waals surface area contributed by atoms with Crippen molar-refractivity contribution in [2.75, 3.05) is 7.11 Å². The number of aromatic nitrogens is 1. The van der Waals surface area contributed by atoms with Crippen LogP contribution in [0.4, 0.5) is 0 Å². The second-order valence-electron chi connectivity index (χ2n) is 3.35. The van der Waals surface area contributed by atoms with Crippen molar-refractivity contribution in [3.8, 4) is 0 Å². The predicted octanol–water partition coefficient (Wildman–Crippen LogP) is 3.39. The van der Waals surface area contributed by atoms with Crippen LogP contribution in [0.5, 0.6) is 0 Å². The largest absolute Gasteiger partial charge is 0.380 e. The highest BCUT2D eigenvalue weighted by molar-refractivity contribution is 9.10. The van der Waals surface area contributed by atoms with E-state index in [-0.39, 0.29) is 0 Å². The standard InChI is InChI=1S/C11H12BrNO/c1-7-10(6-14-2)9-5-8(12)3-4-11(9)13-7/h3-5,13H,6H2,1-2H3. The molecule has 0 radical (unpaired) electrons. The van der Waals surface area contributed by atoms with Gasteiger partial charge in [0, 0.05) is 33.7 Å². The topological polar surface area (TPSA) is 25.0 Å². The number of benzene rings is 1. The number of aromatic amines is 1. The van der Waals surface area contributed by atoms with Crippen molar-refractivity contribution in [1.82, 2.24) is 4.98 Å². The molecule has 2 rings (SSSR count). The number of methoxy groups -OCH3 is 1. The molecule has 2 nitrogen and oxygen atoms in total. The number of halogens is 1. The van der Waals surface area contributed by atoms with Crippen LogP contribution in [0.1, 0.15) is 11.3 Å². The number of aryl methyl sites for hydroxylation is 1. The first-order chi connectivity index (χ1) is 6.72. The van der Waals surface area contributed by atoms with E-state index < -0.39 is 0 Å². The first-order valence-electron chi connectivity index (χ1n) is 4.48. The summed E-state index contributed by atoms with van der Waals surface area (Å²) < 4.78 is 6.28. The molecule has 0 amide bonds. The van der Waals surface area contributed by atoms with Gasteiger partial charge in [-0.25, -0.2) is 0 Å². The van der Waals surface area contributed by atoms with Crippen LogP contribution in [0, 0.1) is 6.92 Å². The van der Waals surface area contributed by atoms with E-state index in [1.807, 2.05) is 6.07 Å². The molecule has 0 bridgehead atoms. The van der Waals surface area contributed by atoms with Crippen LogP contribution in [-0.4, -0.2) is 12.1 Å². The molecule has 0 spiro atoms. The smallest absolute Gasteiger partial charge is 0.0736 e. The predicted molar refractivity (Wildman–Crippen MR) is 61.4 cm³/mol. The number of fused-ring (bicyclic) bond motifs is 1. The number of H-pyrrole nitrogens is 1. The van der Waals surface area contributed by atoms with Gasteiger partial charge in [-0.2, -0.15) is 0 Å². The van der Waals surface area contributed by atoms with Gasteiger partial charge < -0.3 is 9.72 Å². The van der Waals surface area contributed by atoms with E-state index in [9.17, 15) is 0 Å². The molecule has 0 aliphatic carbocycles. The summed E-state index contributed by atoms with van der Waals surface area (Å²) in [6.07, 6.45) is 0. The van der Waals surface area contributed by atoms with Gasteiger partial charge in [0.05, 0.1) is 6.61 Å². The van der Waals surface area contributed by atoms with Crippen molar-refractivity contribution in [3.05, 3.63) is 33.9 Å².